The van der Waals surface area contributed by atoms with Crippen LogP contribution in [0.4, 0.5) is 0 Å². The van der Waals surface area contributed by atoms with Gasteiger partial charge in [-0.15, -0.1) is 0 Å². The summed E-state index contributed by atoms with van der Waals surface area (Å²) in [6.45, 7) is 8.52. The Hall–Kier alpha value is 0.310. The smallest absolute Gasteiger partial charge is 0.00728 e. The molecule has 0 atom stereocenters. The van der Waals surface area contributed by atoms with Gasteiger partial charge in [-0.25, -0.2) is 0 Å². The first-order valence-electron chi connectivity index (χ1n) is 2.93. The fourth-order valence-corrected chi connectivity index (χ4v) is 1.76. The molecule has 0 unspecified atom stereocenters. The Labute approximate surface area is 55.4 Å². The number of hydrogen-bond donors (Lipinski definition) is 0. The first-order chi connectivity index (χ1) is 3.93. The Kier molecular flexibility index (Phi) is 2.70. The van der Waals surface area contributed by atoms with Gasteiger partial charge in [-0.1, -0.05) is 0 Å². The van der Waals surface area contributed by atoms with Crippen molar-refractivity contribution in [1.82, 2.24) is 4.90 Å². The van der Waals surface area contributed by atoms with Crippen LogP contribution in [0.15, 0.2) is 0 Å². The Morgan fingerprint density at radius 1 is 1.38 bits per heavy atom. The number of nitrogens with zero attached hydrogens (tertiary/aromatic N) is 1. The van der Waals surface area contributed by atoms with Gasteiger partial charge in [0.25, 0.3) is 0 Å². The second kappa shape index (κ2) is 3.36. The molecule has 0 aromatic rings. The van der Waals surface area contributed by atoms with Gasteiger partial charge in [-0.05, 0) is 6.92 Å². The molecule has 0 aromatic carbocycles. The van der Waals surface area contributed by atoms with Crippen molar-refractivity contribution in [3.05, 3.63) is 6.92 Å². The summed E-state index contributed by atoms with van der Waals surface area (Å²) in [5.74, 6) is 2.52. The van der Waals surface area contributed by atoms with E-state index in [1.165, 1.54) is 24.6 Å². The molecule has 1 aliphatic rings. The summed E-state index contributed by atoms with van der Waals surface area (Å²) in [6, 6.07) is 0. The van der Waals surface area contributed by atoms with Crippen LogP contribution in [0.5, 0.6) is 0 Å². The lowest BCUT2D eigenvalue weighted by atomic mass is 10.5. The predicted molar refractivity (Wildman–Crippen MR) is 38.1 cm³/mol. The van der Waals surface area contributed by atoms with Crippen LogP contribution in [0.1, 0.15) is 0 Å². The molecule has 1 aliphatic heterocycles. The molecule has 1 rings (SSSR count). The molecule has 8 heavy (non-hydrogen) atoms. The van der Waals surface area contributed by atoms with Crippen molar-refractivity contribution >= 4 is 11.8 Å². The van der Waals surface area contributed by atoms with Crippen molar-refractivity contribution in [1.29, 1.82) is 0 Å². The zero-order valence-electron chi connectivity index (χ0n) is 4.97. The third-order valence-electron chi connectivity index (χ3n) is 1.36. The van der Waals surface area contributed by atoms with Gasteiger partial charge in [0.1, 0.15) is 0 Å². The Morgan fingerprint density at radius 2 is 2.00 bits per heavy atom. The summed E-state index contributed by atoms with van der Waals surface area (Å²) in [6.07, 6.45) is 0. The summed E-state index contributed by atoms with van der Waals surface area (Å²) in [5, 5.41) is 0. The van der Waals surface area contributed by atoms with E-state index < -0.39 is 0 Å². The van der Waals surface area contributed by atoms with Crippen LogP contribution in [0, 0.1) is 6.92 Å². The van der Waals surface area contributed by atoms with E-state index in [-0.39, 0.29) is 0 Å². The van der Waals surface area contributed by atoms with Crippen LogP contribution in [0.25, 0.3) is 0 Å². The molecule has 2 radical (unpaired) electrons. The van der Waals surface area contributed by atoms with Gasteiger partial charge < -0.3 is 4.90 Å². The number of rotatable bonds is 1. The maximum absolute atomic E-state index is 5.42. The highest BCUT2D eigenvalue weighted by molar-refractivity contribution is 7.99. The van der Waals surface area contributed by atoms with Crippen molar-refractivity contribution in [2.24, 2.45) is 0 Å². The lowest BCUT2D eigenvalue weighted by Gasteiger charge is -2.23. The Balaban J connectivity index is 2.13. The SMILES string of the molecule is [CH]CN1CCSCC1. The second-order valence-corrected chi connectivity index (χ2v) is 3.14. The highest BCUT2D eigenvalue weighted by Gasteiger charge is 2.06. The maximum Gasteiger partial charge on any atom is 0.00728 e. The van der Waals surface area contributed by atoms with Gasteiger partial charge in [-0.3, -0.25) is 0 Å². The molecule has 1 saturated heterocycles. The number of thioether (sulfide) groups is 1. The third kappa shape index (κ3) is 1.67. The Morgan fingerprint density at radius 3 is 2.38 bits per heavy atom. The summed E-state index contributed by atoms with van der Waals surface area (Å²) >= 11 is 2.02. The molecular formula is C6H11NS. The van der Waals surface area contributed by atoms with E-state index >= 15 is 0 Å². The van der Waals surface area contributed by atoms with Gasteiger partial charge >= 0.3 is 0 Å². The maximum atomic E-state index is 5.42. The van der Waals surface area contributed by atoms with Gasteiger partial charge in [-0.2, -0.15) is 11.8 Å². The molecule has 0 amide bonds. The standard InChI is InChI=1S/C6H11NS/c1-2-7-3-5-8-6-4-7/h1H,2-6H2. The molecule has 0 saturated carbocycles. The summed E-state index contributed by atoms with van der Waals surface area (Å²) < 4.78 is 0. The van der Waals surface area contributed by atoms with E-state index in [9.17, 15) is 0 Å². The minimum Gasteiger partial charge on any atom is -0.301 e. The number of hydrogen-bond acceptors (Lipinski definition) is 2. The Bertz CT molecular complexity index is 59.5. The minimum atomic E-state index is 0.737. The lowest BCUT2D eigenvalue weighted by Crippen LogP contribution is -2.32. The van der Waals surface area contributed by atoms with E-state index in [1.807, 2.05) is 11.8 Å². The zero-order valence-corrected chi connectivity index (χ0v) is 5.78. The van der Waals surface area contributed by atoms with Crippen molar-refractivity contribution in [3.63, 3.8) is 0 Å². The fraction of sp³-hybridized carbons (Fsp3) is 0.833. The van der Waals surface area contributed by atoms with Gasteiger partial charge in [0.2, 0.25) is 0 Å². The van der Waals surface area contributed by atoms with Crippen molar-refractivity contribution in [2.45, 2.75) is 0 Å². The lowest BCUT2D eigenvalue weighted by molar-refractivity contribution is 0.334. The molecule has 0 N–H and O–H groups in total. The molecule has 0 bridgehead atoms. The molecule has 46 valence electrons. The predicted octanol–water partition coefficient (Wildman–Crippen LogP) is 0.746. The quantitative estimate of drug-likeness (QED) is 0.514. The van der Waals surface area contributed by atoms with Gasteiger partial charge in [0.15, 0.2) is 0 Å². The molecule has 0 aliphatic carbocycles. The second-order valence-electron chi connectivity index (χ2n) is 1.91. The molecule has 1 fully saturated rings. The molecule has 0 spiro atoms. The summed E-state index contributed by atoms with van der Waals surface area (Å²) in [4.78, 5) is 2.27. The van der Waals surface area contributed by atoms with E-state index in [1.54, 1.807) is 0 Å². The highest BCUT2D eigenvalue weighted by atomic mass is 32.2. The first-order valence-corrected chi connectivity index (χ1v) is 4.09. The van der Waals surface area contributed by atoms with Crippen LogP contribution in [0.2, 0.25) is 0 Å². The minimum absolute atomic E-state index is 0.737. The van der Waals surface area contributed by atoms with Crippen molar-refractivity contribution in [2.75, 3.05) is 31.1 Å². The fourth-order valence-electron chi connectivity index (χ4n) is 0.784. The van der Waals surface area contributed by atoms with E-state index in [2.05, 4.69) is 4.90 Å². The molecular weight excluding hydrogens is 118 g/mol. The van der Waals surface area contributed by atoms with Crippen LogP contribution in [0.3, 0.4) is 0 Å². The van der Waals surface area contributed by atoms with Crippen LogP contribution < -0.4 is 0 Å². The monoisotopic (exact) mass is 129 g/mol. The average molecular weight is 129 g/mol. The van der Waals surface area contributed by atoms with Crippen LogP contribution >= 0.6 is 11.8 Å². The highest BCUT2D eigenvalue weighted by Crippen LogP contribution is 2.07. The van der Waals surface area contributed by atoms with Crippen molar-refractivity contribution in [3.8, 4) is 0 Å². The van der Waals surface area contributed by atoms with Gasteiger partial charge in [0.05, 0.1) is 0 Å². The summed E-state index contributed by atoms with van der Waals surface area (Å²) in [7, 11) is 0. The normalized spacial score (nSPS) is 23.6. The molecule has 0 aromatic heterocycles. The molecule has 2 heteroatoms. The van der Waals surface area contributed by atoms with Crippen LogP contribution in [-0.2, 0) is 0 Å². The third-order valence-corrected chi connectivity index (χ3v) is 2.30. The van der Waals surface area contributed by atoms with E-state index in [4.69, 9.17) is 6.92 Å². The van der Waals surface area contributed by atoms with Crippen LogP contribution in [-0.4, -0.2) is 36.0 Å². The van der Waals surface area contributed by atoms with Gasteiger partial charge in [0, 0.05) is 31.1 Å². The van der Waals surface area contributed by atoms with E-state index in [0.717, 1.165) is 6.54 Å². The zero-order chi connectivity index (χ0) is 5.82. The first kappa shape index (κ1) is 6.43. The van der Waals surface area contributed by atoms with E-state index in [0.29, 0.717) is 0 Å². The largest absolute Gasteiger partial charge is 0.301 e. The molecule has 1 nitrogen and oxygen atoms in total. The average Bonchev–Trinajstić information content (AvgIpc) is 1.90. The molecule has 1 heterocycles. The topological polar surface area (TPSA) is 3.24 Å². The van der Waals surface area contributed by atoms with Crippen molar-refractivity contribution < 1.29 is 0 Å². The summed E-state index contributed by atoms with van der Waals surface area (Å²) in [5.41, 5.74) is 0.